The molecule has 1 aromatic carbocycles. The number of piperidine rings is 1. The van der Waals surface area contributed by atoms with E-state index in [0.29, 0.717) is 25.5 Å². The van der Waals surface area contributed by atoms with E-state index in [1.54, 1.807) is 6.92 Å². The predicted molar refractivity (Wildman–Crippen MR) is 70.2 cm³/mol. The van der Waals surface area contributed by atoms with Gasteiger partial charge in [0.2, 0.25) is 0 Å². The standard InChI is InChI=1S/C13H15F3N2O3/c1-12(19)5-2-6-17(8-12)11-4-3-9(18(20)21)7-10(11)13(14,15)16/h3-4,7,19H,2,5-6,8H2,1H3. The smallest absolute Gasteiger partial charge is 0.388 e. The van der Waals surface area contributed by atoms with Gasteiger partial charge in [-0.05, 0) is 25.8 Å². The zero-order valence-electron chi connectivity index (χ0n) is 11.4. The maximum absolute atomic E-state index is 13.1. The van der Waals surface area contributed by atoms with Gasteiger partial charge >= 0.3 is 6.18 Å². The van der Waals surface area contributed by atoms with Crippen molar-refractivity contribution in [3.05, 3.63) is 33.9 Å². The number of hydrogen-bond donors (Lipinski definition) is 1. The first kappa shape index (κ1) is 15.6. The first-order chi connectivity index (χ1) is 9.60. The van der Waals surface area contributed by atoms with Crippen LogP contribution in [0.2, 0.25) is 0 Å². The largest absolute Gasteiger partial charge is 0.418 e. The Kier molecular flexibility index (Phi) is 3.83. The molecular weight excluding hydrogens is 289 g/mol. The van der Waals surface area contributed by atoms with E-state index in [4.69, 9.17) is 0 Å². The molecule has 0 bridgehead atoms. The van der Waals surface area contributed by atoms with Gasteiger partial charge < -0.3 is 10.0 Å². The van der Waals surface area contributed by atoms with Crippen LogP contribution in [0.3, 0.4) is 0 Å². The van der Waals surface area contributed by atoms with Gasteiger partial charge in [-0.1, -0.05) is 0 Å². The molecule has 8 heteroatoms. The summed E-state index contributed by atoms with van der Waals surface area (Å²) in [6, 6.07) is 2.69. The topological polar surface area (TPSA) is 66.6 Å². The summed E-state index contributed by atoms with van der Waals surface area (Å²) in [6.45, 7) is 2.00. The third kappa shape index (κ3) is 3.44. The lowest BCUT2D eigenvalue weighted by atomic mass is 9.94. The Morgan fingerprint density at radius 2 is 2.10 bits per heavy atom. The highest BCUT2D eigenvalue weighted by Crippen LogP contribution is 2.40. The second-order valence-corrected chi connectivity index (χ2v) is 5.48. The Bertz CT molecular complexity index is 558. The Morgan fingerprint density at radius 1 is 1.43 bits per heavy atom. The summed E-state index contributed by atoms with van der Waals surface area (Å²) in [5.41, 5.74) is -2.85. The molecule has 1 aliphatic rings. The summed E-state index contributed by atoms with van der Waals surface area (Å²) in [5, 5.41) is 20.7. The van der Waals surface area contributed by atoms with Gasteiger partial charge in [0.1, 0.15) is 0 Å². The van der Waals surface area contributed by atoms with E-state index in [0.717, 1.165) is 12.1 Å². The van der Waals surface area contributed by atoms with E-state index in [-0.39, 0.29) is 12.2 Å². The Balaban J connectivity index is 2.45. The van der Waals surface area contributed by atoms with Crippen molar-refractivity contribution in [3.8, 4) is 0 Å². The average Bonchev–Trinajstić information content (AvgIpc) is 2.35. The monoisotopic (exact) mass is 304 g/mol. The lowest BCUT2D eigenvalue weighted by Gasteiger charge is -2.39. The number of nitro groups is 1. The molecule has 0 spiro atoms. The minimum atomic E-state index is -4.69. The maximum Gasteiger partial charge on any atom is 0.418 e. The molecule has 21 heavy (non-hydrogen) atoms. The number of anilines is 1. The van der Waals surface area contributed by atoms with E-state index in [9.17, 15) is 28.4 Å². The normalized spacial score (nSPS) is 23.2. The molecule has 0 aliphatic carbocycles. The molecule has 5 nitrogen and oxygen atoms in total. The summed E-state index contributed by atoms with van der Waals surface area (Å²) in [6.07, 6.45) is -3.62. The lowest BCUT2D eigenvalue weighted by molar-refractivity contribution is -0.385. The summed E-state index contributed by atoms with van der Waals surface area (Å²) in [5.74, 6) is 0. The molecule has 1 aliphatic heterocycles. The van der Waals surface area contributed by atoms with Crippen molar-refractivity contribution in [2.24, 2.45) is 0 Å². The minimum Gasteiger partial charge on any atom is -0.388 e. The van der Waals surface area contributed by atoms with E-state index >= 15 is 0 Å². The van der Waals surface area contributed by atoms with Gasteiger partial charge in [0.25, 0.3) is 5.69 Å². The molecule has 116 valence electrons. The first-order valence-corrected chi connectivity index (χ1v) is 6.43. The quantitative estimate of drug-likeness (QED) is 0.674. The predicted octanol–water partition coefficient (Wildman–Crippen LogP) is 2.96. The number of β-amino-alcohol motifs (C(OH)–C–C–N with tert-alkyl or cyclic N) is 1. The van der Waals surface area contributed by atoms with Crippen molar-refractivity contribution < 1.29 is 23.2 Å². The van der Waals surface area contributed by atoms with Crippen LogP contribution >= 0.6 is 0 Å². The molecule has 1 fully saturated rings. The summed E-state index contributed by atoms with van der Waals surface area (Å²) in [4.78, 5) is 11.2. The number of rotatable bonds is 2. The Morgan fingerprint density at radius 3 is 2.62 bits per heavy atom. The van der Waals surface area contributed by atoms with Crippen LogP contribution in [0.5, 0.6) is 0 Å². The van der Waals surface area contributed by atoms with Crippen LogP contribution in [-0.2, 0) is 6.18 Å². The van der Waals surface area contributed by atoms with Gasteiger partial charge in [-0.3, -0.25) is 10.1 Å². The third-order valence-electron chi connectivity index (χ3n) is 3.51. The van der Waals surface area contributed by atoms with Crippen molar-refractivity contribution in [3.63, 3.8) is 0 Å². The molecule has 0 aromatic heterocycles. The van der Waals surface area contributed by atoms with Gasteiger partial charge in [0.15, 0.2) is 0 Å². The highest BCUT2D eigenvalue weighted by molar-refractivity contribution is 5.59. The van der Waals surface area contributed by atoms with Crippen LogP contribution in [-0.4, -0.2) is 28.7 Å². The molecule has 1 unspecified atom stereocenters. The fourth-order valence-electron chi connectivity index (χ4n) is 2.57. The summed E-state index contributed by atoms with van der Waals surface area (Å²) < 4.78 is 39.4. The van der Waals surface area contributed by atoms with Crippen LogP contribution in [0.15, 0.2) is 18.2 Å². The van der Waals surface area contributed by atoms with E-state index in [2.05, 4.69) is 0 Å². The van der Waals surface area contributed by atoms with Crippen molar-refractivity contribution in [2.75, 3.05) is 18.0 Å². The maximum atomic E-state index is 13.1. The van der Waals surface area contributed by atoms with E-state index in [1.807, 2.05) is 0 Å². The zero-order chi connectivity index (χ0) is 15.8. The SMILES string of the molecule is CC1(O)CCCN(c2ccc([N+](=O)[O-])cc2C(F)(F)F)C1. The van der Waals surface area contributed by atoms with Crippen LogP contribution in [0.4, 0.5) is 24.5 Å². The molecule has 2 rings (SSSR count). The van der Waals surface area contributed by atoms with Crippen LogP contribution in [0.1, 0.15) is 25.3 Å². The van der Waals surface area contributed by atoms with Crippen LogP contribution < -0.4 is 4.90 Å². The van der Waals surface area contributed by atoms with Crippen LogP contribution in [0, 0.1) is 10.1 Å². The van der Waals surface area contributed by atoms with Gasteiger partial charge in [-0.15, -0.1) is 0 Å². The lowest BCUT2D eigenvalue weighted by Crippen LogP contribution is -2.46. The molecule has 0 saturated carbocycles. The third-order valence-corrected chi connectivity index (χ3v) is 3.51. The molecular formula is C13H15F3N2O3. The van der Waals surface area contributed by atoms with Gasteiger partial charge in [-0.2, -0.15) is 13.2 Å². The molecule has 1 saturated heterocycles. The molecule has 0 radical (unpaired) electrons. The van der Waals surface area contributed by atoms with Gasteiger partial charge in [-0.25, -0.2) is 0 Å². The molecule has 1 heterocycles. The number of non-ortho nitro benzene ring substituents is 1. The number of halogens is 3. The highest BCUT2D eigenvalue weighted by atomic mass is 19.4. The van der Waals surface area contributed by atoms with Gasteiger partial charge in [0.05, 0.1) is 16.1 Å². The van der Waals surface area contributed by atoms with Crippen LogP contribution in [0.25, 0.3) is 0 Å². The highest BCUT2D eigenvalue weighted by Gasteiger charge is 2.38. The fourth-order valence-corrected chi connectivity index (χ4v) is 2.57. The zero-order valence-corrected chi connectivity index (χ0v) is 11.4. The van der Waals surface area contributed by atoms with E-state index in [1.165, 1.54) is 4.90 Å². The fraction of sp³-hybridized carbons (Fsp3) is 0.538. The number of benzene rings is 1. The summed E-state index contributed by atoms with van der Waals surface area (Å²) in [7, 11) is 0. The second-order valence-electron chi connectivity index (χ2n) is 5.48. The second kappa shape index (κ2) is 5.18. The number of aliphatic hydroxyl groups is 1. The van der Waals surface area contributed by atoms with Crippen molar-refractivity contribution in [1.82, 2.24) is 0 Å². The van der Waals surface area contributed by atoms with Crippen molar-refractivity contribution >= 4 is 11.4 Å². The number of hydrogen-bond acceptors (Lipinski definition) is 4. The first-order valence-electron chi connectivity index (χ1n) is 6.43. The molecule has 1 atom stereocenters. The average molecular weight is 304 g/mol. The van der Waals surface area contributed by atoms with Crippen molar-refractivity contribution in [2.45, 2.75) is 31.5 Å². The minimum absolute atomic E-state index is 0.0634. The van der Waals surface area contributed by atoms with E-state index < -0.39 is 28.0 Å². The molecule has 1 N–H and O–H groups in total. The number of alkyl halides is 3. The Hall–Kier alpha value is -1.83. The number of nitrogens with zero attached hydrogens (tertiary/aromatic N) is 2. The number of nitro benzene ring substituents is 1. The van der Waals surface area contributed by atoms with Crippen molar-refractivity contribution in [1.29, 1.82) is 0 Å². The van der Waals surface area contributed by atoms with Gasteiger partial charge in [0, 0.05) is 30.9 Å². The molecule has 1 aromatic rings. The Labute approximate surface area is 119 Å². The summed E-state index contributed by atoms with van der Waals surface area (Å²) >= 11 is 0. The molecule has 0 amide bonds.